The number of hydrogen-bond donors (Lipinski definition) is 2. The second-order valence-corrected chi connectivity index (χ2v) is 7.86. The van der Waals surface area contributed by atoms with Gasteiger partial charge in [-0.05, 0) is 55.2 Å². The van der Waals surface area contributed by atoms with Crippen molar-refractivity contribution in [3.63, 3.8) is 0 Å². The van der Waals surface area contributed by atoms with Crippen LogP contribution in [0.15, 0.2) is 53.4 Å². The minimum atomic E-state index is -3.64. The number of aryl methyl sites for hydroxylation is 1. The topological polar surface area (TPSA) is 62.0 Å². The van der Waals surface area contributed by atoms with Gasteiger partial charge in [0.25, 0.3) is 0 Å². The van der Waals surface area contributed by atoms with Crippen molar-refractivity contribution in [2.75, 3.05) is 0 Å². The number of halogens is 1. The first-order valence-electron chi connectivity index (χ1n) is 7.89. The molecule has 4 nitrogen and oxygen atoms in total. The summed E-state index contributed by atoms with van der Waals surface area (Å²) >= 11 is 0. The van der Waals surface area contributed by atoms with Crippen LogP contribution in [0.4, 0.5) is 4.39 Å². The van der Waals surface area contributed by atoms with Gasteiger partial charge in [-0.1, -0.05) is 18.2 Å². The number of para-hydroxylation sites is 1. The lowest BCUT2D eigenvalue weighted by molar-refractivity contribution is 0.506. The van der Waals surface area contributed by atoms with Crippen LogP contribution in [0, 0.1) is 5.82 Å². The molecule has 1 aromatic heterocycles. The molecule has 0 bridgehead atoms. The molecule has 24 heavy (non-hydrogen) atoms. The van der Waals surface area contributed by atoms with Crippen molar-refractivity contribution >= 4 is 20.9 Å². The zero-order valence-corrected chi connectivity index (χ0v) is 13.7. The van der Waals surface area contributed by atoms with Gasteiger partial charge < -0.3 is 4.98 Å². The molecule has 2 aromatic carbocycles. The summed E-state index contributed by atoms with van der Waals surface area (Å²) in [5.74, 6) is -0.449. The van der Waals surface area contributed by atoms with Crippen molar-refractivity contribution in [2.24, 2.45) is 0 Å². The number of nitrogens with one attached hydrogen (secondary N) is 2. The number of aromatic nitrogens is 1. The molecule has 3 aromatic rings. The summed E-state index contributed by atoms with van der Waals surface area (Å²) in [6.07, 6.45) is 2.20. The molecule has 1 atom stereocenters. The van der Waals surface area contributed by atoms with Crippen LogP contribution in [-0.4, -0.2) is 19.4 Å². The SMILES string of the molecule is O=S(=O)(NC1CCc2[nH]c3ccccc3c2C1)c1ccc(F)cc1. The zero-order chi connectivity index (χ0) is 16.7. The number of fused-ring (bicyclic) bond motifs is 3. The van der Waals surface area contributed by atoms with Crippen LogP contribution in [0.3, 0.4) is 0 Å². The number of H-pyrrole nitrogens is 1. The number of aromatic amines is 1. The molecule has 1 aliphatic carbocycles. The largest absolute Gasteiger partial charge is 0.358 e. The van der Waals surface area contributed by atoms with E-state index in [1.54, 1.807) is 0 Å². The van der Waals surface area contributed by atoms with Gasteiger partial charge in [-0.3, -0.25) is 0 Å². The molecule has 0 spiro atoms. The van der Waals surface area contributed by atoms with E-state index in [2.05, 4.69) is 15.8 Å². The van der Waals surface area contributed by atoms with E-state index in [0.29, 0.717) is 6.42 Å². The molecule has 1 aliphatic rings. The van der Waals surface area contributed by atoms with E-state index in [4.69, 9.17) is 0 Å². The van der Waals surface area contributed by atoms with E-state index >= 15 is 0 Å². The number of rotatable bonds is 3. The van der Waals surface area contributed by atoms with Crippen LogP contribution in [0.25, 0.3) is 10.9 Å². The lowest BCUT2D eigenvalue weighted by Crippen LogP contribution is -2.38. The Morgan fingerprint density at radius 1 is 1.08 bits per heavy atom. The van der Waals surface area contributed by atoms with Crippen molar-refractivity contribution in [1.82, 2.24) is 9.71 Å². The maximum Gasteiger partial charge on any atom is 0.240 e. The minimum Gasteiger partial charge on any atom is -0.358 e. The summed E-state index contributed by atoms with van der Waals surface area (Å²) in [6, 6.07) is 12.8. The van der Waals surface area contributed by atoms with Crippen molar-refractivity contribution in [3.05, 3.63) is 65.6 Å². The van der Waals surface area contributed by atoms with Gasteiger partial charge in [0.1, 0.15) is 5.82 Å². The Labute approximate surface area is 139 Å². The minimum absolute atomic E-state index is 0.0913. The van der Waals surface area contributed by atoms with Gasteiger partial charge in [-0.15, -0.1) is 0 Å². The van der Waals surface area contributed by atoms with Gasteiger partial charge in [0.15, 0.2) is 0 Å². The summed E-state index contributed by atoms with van der Waals surface area (Å²) in [6.45, 7) is 0. The second kappa shape index (κ2) is 5.72. The van der Waals surface area contributed by atoms with E-state index in [0.717, 1.165) is 35.9 Å². The number of sulfonamides is 1. The van der Waals surface area contributed by atoms with Crippen LogP contribution in [-0.2, 0) is 22.9 Å². The van der Waals surface area contributed by atoms with Gasteiger partial charge in [-0.25, -0.2) is 17.5 Å². The van der Waals surface area contributed by atoms with Gasteiger partial charge in [0.2, 0.25) is 10.0 Å². The Balaban J connectivity index is 1.59. The fourth-order valence-electron chi connectivity index (χ4n) is 3.37. The van der Waals surface area contributed by atoms with Crippen molar-refractivity contribution in [1.29, 1.82) is 0 Å². The first-order valence-corrected chi connectivity index (χ1v) is 9.37. The maximum atomic E-state index is 13.0. The van der Waals surface area contributed by atoms with Gasteiger partial charge >= 0.3 is 0 Å². The van der Waals surface area contributed by atoms with Gasteiger partial charge in [0, 0.05) is 22.6 Å². The van der Waals surface area contributed by atoms with E-state index in [-0.39, 0.29) is 10.9 Å². The highest BCUT2D eigenvalue weighted by atomic mass is 32.2. The standard InChI is InChI=1S/C18H17FN2O2S/c19-12-5-8-14(9-6-12)24(22,23)21-13-7-10-18-16(11-13)15-3-1-2-4-17(15)20-18/h1-6,8-9,13,20-21H,7,10-11H2. The van der Waals surface area contributed by atoms with Crippen LogP contribution in [0.1, 0.15) is 17.7 Å². The van der Waals surface area contributed by atoms with Gasteiger partial charge in [0.05, 0.1) is 4.90 Å². The lowest BCUT2D eigenvalue weighted by atomic mass is 9.92. The zero-order valence-electron chi connectivity index (χ0n) is 12.9. The van der Waals surface area contributed by atoms with Crippen LogP contribution < -0.4 is 4.72 Å². The predicted molar refractivity (Wildman–Crippen MR) is 90.8 cm³/mol. The summed E-state index contributed by atoms with van der Waals surface area (Å²) < 4.78 is 40.7. The van der Waals surface area contributed by atoms with Crippen molar-refractivity contribution in [2.45, 2.75) is 30.2 Å². The Kier molecular flexibility index (Phi) is 3.66. The molecule has 1 heterocycles. The molecule has 0 aliphatic heterocycles. The van der Waals surface area contributed by atoms with E-state index < -0.39 is 15.8 Å². The summed E-state index contributed by atoms with van der Waals surface area (Å²) in [7, 11) is -3.64. The second-order valence-electron chi connectivity index (χ2n) is 6.14. The normalized spacial score (nSPS) is 17.8. The molecule has 0 fully saturated rings. The fraction of sp³-hybridized carbons (Fsp3) is 0.222. The Morgan fingerprint density at radius 2 is 1.83 bits per heavy atom. The molecular formula is C18H17FN2O2S. The third-order valence-corrected chi connectivity index (χ3v) is 6.08. The van der Waals surface area contributed by atoms with Crippen LogP contribution in [0.5, 0.6) is 0 Å². The quantitative estimate of drug-likeness (QED) is 0.767. The first-order chi connectivity index (χ1) is 11.5. The predicted octanol–water partition coefficient (Wildman–Crippen LogP) is 3.14. The molecule has 0 amide bonds. The summed E-state index contributed by atoms with van der Waals surface area (Å²) in [5, 5.41) is 1.15. The van der Waals surface area contributed by atoms with Crippen molar-refractivity contribution in [3.8, 4) is 0 Å². The molecule has 2 N–H and O–H groups in total. The third kappa shape index (κ3) is 2.72. The Bertz CT molecular complexity index is 994. The molecule has 0 saturated carbocycles. The maximum absolute atomic E-state index is 13.0. The molecule has 0 saturated heterocycles. The Hall–Kier alpha value is -2.18. The number of benzene rings is 2. The molecule has 6 heteroatoms. The average Bonchev–Trinajstić information content (AvgIpc) is 2.93. The van der Waals surface area contributed by atoms with E-state index in [1.807, 2.05) is 18.2 Å². The molecule has 1 unspecified atom stereocenters. The van der Waals surface area contributed by atoms with Gasteiger partial charge in [-0.2, -0.15) is 0 Å². The van der Waals surface area contributed by atoms with Crippen molar-refractivity contribution < 1.29 is 12.8 Å². The van der Waals surface area contributed by atoms with E-state index in [1.165, 1.54) is 23.4 Å². The highest BCUT2D eigenvalue weighted by Crippen LogP contribution is 2.29. The molecular weight excluding hydrogens is 327 g/mol. The smallest absolute Gasteiger partial charge is 0.240 e. The van der Waals surface area contributed by atoms with E-state index in [9.17, 15) is 12.8 Å². The third-order valence-electron chi connectivity index (χ3n) is 4.54. The molecule has 0 radical (unpaired) electrons. The fourth-order valence-corrected chi connectivity index (χ4v) is 4.64. The average molecular weight is 344 g/mol. The summed E-state index contributed by atoms with van der Waals surface area (Å²) in [4.78, 5) is 3.51. The lowest BCUT2D eigenvalue weighted by Gasteiger charge is -2.23. The summed E-state index contributed by atoms with van der Waals surface area (Å²) in [5.41, 5.74) is 3.46. The molecule has 4 rings (SSSR count). The molecule has 124 valence electrons. The highest BCUT2D eigenvalue weighted by molar-refractivity contribution is 7.89. The van der Waals surface area contributed by atoms with Crippen LogP contribution in [0.2, 0.25) is 0 Å². The van der Waals surface area contributed by atoms with Crippen LogP contribution >= 0.6 is 0 Å². The highest BCUT2D eigenvalue weighted by Gasteiger charge is 2.26. The first kappa shape index (κ1) is 15.4. The number of hydrogen-bond acceptors (Lipinski definition) is 2. The monoisotopic (exact) mass is 344 g/mol. The Morgan fingerprint density at radius 3 is 2.62 bits per heavy atom.